The molecule has 0 aliphatic rings. The minimum absolute atomic E-state index is 0.896. The molecule has 8 aromatic carbocycles. The van der Waals surface area contributed by atoms with Gasteiger partial charge in [0.2, 0.25) is 0 Å². The fourth-order valence-corrected chi connectivity index (χ4v) is 9.79. The highest BCUT2D eigenvalue weighted by atomic mass is 32.1. The third-order valence-electron chi connectivity index (χ3n) is 10.8. The molecular weight excluding hydrogens is 653 g/mol. The van der Waals surface area contributed by atoms with Gasteiger partial charge in [0.05, 0.1) is 0 Å². The van der Waals surface area contributed by atoms with Crippen LogP contribution in [0.2, 0.25) is 0 Å². The third kappa shape index (κ3) is 4.00. The number of para-hydroxylation sites is 3. The predicted octanol–water partition coefficient (Wildman–Crippen LogP) is 15.0. The zero-order valence-electron chi connectivity index (χ0n) is 28.4. The Morgan fingerprint density at radius 3 is 1.94 bits per heavy atom. The summed E-state index contributed by atoms with van der Waals surface area (Å²) < 4.78 is 16.1. The van der Waals surface area contributed by atoms with Gasteiger partial charge in [-0.25, -0.2) is 0 Å². The zero-order valence-corrected chi connectivity index (χ0v) is 29.2. The Hall–Kier alpha value is -6.42. The smallest absolute Gasteiger partial charge is 0.143 e. The van der Waals surface area contributed by atoms with Crippen LogP contribution in [0.4, 0.5) is 0 Å². The van der Waals surface area contributed by atoms with Crippen molar-refractivity contribution in [2.45, 2.75) is 6.92 Å². The van der Waals surface area contributed by atoms with Crippen molar-refractivity contribution in [2.75, 3.05) is 0 Å². The predicted molar refractivity (Wildman–Crippen MR) is 224 cm³/mol. The van der Waals surface area contributed by atoms with E-state index >= 15 is 0 Å². The Balaban J connectivity index is 1.26. The quantitative estimate of drug-likeness (QED) is 0.173. The van der Waals surface area contributed by atoms with E-state index in [1.54, 1.807) is 0 Å². The lowest BCUT2D eigenvalue weighted by molar-refractivity contribution is 0.669. The van der Waals surface area contributed by atoms with Crippen LogP contribution in [-0.4, -0.2) is 0 Å². The molecule has 0 aliphatic carbocycles. The summed E-state index contributed by atoms with van der Waals surface area (Å²) in [5.41, 5.74) is 10.4. The minimum Gasteiger partial charge on any atom is -0.455 e. The summed E-state index contributed by atoms with van der Waals surface area (Å²) >= 11 is 1.85. The fraction of sp³-hybridized carbons (Fsp3) is 0.0204. The molecule has 3 aromatic heterocycles. The molecule has 0 fully saturated rings. The number of hydrogen-bond donors (Lipinski definition) is 0. The molecule has 0 unspecified atom stereocenters. The van der Waals surface area contributed by atoms with Crippen LogP contribution in [0.1, 0.15) is 11.1 Å². The average Bonchev–Trinajstić information content (AvgIpc) is 3.88. The summed E-state index contributed by atoms with van der Waals surface area (Å²) in [6.45, 7) is 6.28. The summed E-state index contributed by atoms with van der Waals surface area (Å²) in [6, 6.07) is 47.8. The van der Waals surface area contributed by atoms with Gasteiger partial charge in [-0.3, -0.25) is 0 Å². The second-order valence-electron chi connectivity index (χ2n) is 13.6. The fourth-order valence-electron chi connectivity index (χ4n) is 8.66. The molecule has 0 saturated carbocycles. The van der Waals surface area contributed by atoms with Crippen LogP contribution in [0, 0.1) is 6.92 Å². The lowest BCUT2D eigenvalue weighted by atomic mass is 9.83. The lowest BCUT2D eigenvalue weighted by Gasteiger charge is -2.20. The molecule has 0 saturated heterocycles. The van der Waals surface area contributed by atoms with Crippen molar-refractivity contribution in [3.63, 3.8) is 0 Å². The molecule has 2 nitrogen and oxygen atoms in total. The number of thiophene rings is 1. The Morgan fingerprint density at radius 2 is 1.12 bits per heavy atom. The molecule has 244 valence electrons. The van der Waals surface area contributed by atoms with E-state index < -0.39 is 0 Å². The van der Waals surface area contributed by atoms with Gasteiger partial charge in [-0.05, 0) is 69.4 Å². The van der Waals surface area contributed by atoms with Crippen LogP contribution < -0.4 is 0 Å². The van der Waals surface area contributed by atoms with Crippen molar-refractivity contribution < 1.29 is 8.83 Å². The molecule has 3 heteroatoms. The molecule has 3 heterocycles. The second kappa shape index (κ2) is 11.0. The van der Waals surface area contributed by atoms with Gasteiger partial charge in [-0.1, -0.05) is 134 Å². The van der Waals surface area contributed by atoms with Gasteiger partial charge < -0.3 is 8.83 Å². The SMILES string of the molecule is C=C/C=C\c1c(C)c(-c2cccc3c2oc2ccccc23)c2ccccc2c1-c1cccc2c1oc1ccc3sc4ccc5ccccc5c4c3c12. The number of fused-ring (bicyclic) bond motifs is 13. The zero-order chi connectivity index (χ0) is 34.5. The maximum Gasteiger partial charge on any atom is 0.143 e. The monoisotopic (exact) mass is 682 g/mol. The summed E-state index contributed by atoms with van der Waals surface area (Å²) in [6.07, 6.45) is 6.09. The highest BCUT2D eigenvalue weighted by molar-refractivity contribution is 7.26. The molecule has 11 rings (SSSR count). The third-order valence-corrected chi connectivity index (χ3v) is 12.0. The van der Waals surface area contributed by atoms with Gasteiger partial charge in [0.25, 0.3) is 0 Å². The highest BCUT2D eigenvalue weighted by Crippen LogP contribution is 2.50. The van der Waals surface area contributed by atoms with Gasteiger partial charge in [0.15, 0.2) is 0 Å². The highest BCUT2D eigenvalue weighted by Gasteiger charge is 2.24. The maximum atomic E-state index is 6.98. The number of rotatable bonds is 4. The van der Waals surface area contributed by atoms with Crippen LogP contribution in [0.3, 0.4) is 0 Å². The van der Waals surface area contributed by atoms with Crippen molar-refractivity contribution >= 4 is 103 Å². The molecule has 0 spiro atoms. The molecule has 0 aliphatic heterocycles. The van der Waals surface area contributed by atoms with E-state index in [9.17, 15) is 0 Å². The Kier molecular flexibility index (Phi) is 6.22. The number of furan rings is 2. The maximum absolute atomic E-state index is 6.98. The van der Waals surface area contributed by atoms with Crippen molar-refractivity contribution in [3.8, 4) is 22.3 Å². The first kappa shape index (κ1) is 29.3. The first-order chi connectivity index (χ1) is 25.7. The van der Waals surface area contributed by atoms with Crippen molar-refractivity contribution in [2.24, 2.45) is 0 Å². The Morgan fingerprint density at radius 1 is 0.500 bits per heavy atom. The Bertz CT molecular complexity index is 3330. The van der Waals surface area contributed by atoms with Gasteiger partial charge in [-0.15, -0.1) is 11.3 Å². The average molecular weight is 683 g/mol. The molecule has 0 amide bonds. The van der Waals surface area contributed by atoms with Gasteiger partial charge >= 0.3 is 0 Å². The molecule has 11 aromatic rings. The largest absolute Gasteiger partial charge is 0.455 e. The van der Waals surface area contributed by atoms with E-state index in [4.69, 9.17) is 8.83 Å². The van der Waals surface area contributed by atoms with E-state index in [1.165, 1.54) is 52.8 Å². The van der Waals surface area contributed by atoms with E-state index in [-0.39, 0.29) is 0 Å². The topological polar surface area (TPSA) is 26.3 Å². The van der Waals surface area contributed by atoms with E-state index in [2.05, 4.69) is 147 Å². The molecule has 0 atom stereocenters. The lowest BCUT2D eigenvalue weighted by Crippen LogP contribution is -1.96. The van der Waals surface area contributed by atoms with Crippen molar-refractivity contribution in [1.82, 2.24) is 0 Å². The number of benzene rings is 8. The normalized spacial score (nSPS) is 12.3. The molecule has 0 radical (unpaired) electrons. The number of allylic oxidation sites excluding steroid dienone is 2. The van der Waals surface area contributed by atoms with Crippen LogP contribution >= 0.6 is 11.3 Å². The molecular formula is C49H30O2S. The van der Waals surface area contributed by atoms with Gasteiger partial charge in [-0.2, -0.15) is 0 Å². The van der Waals surface area contributed by atoms with Crippen LogP contribution in [0.25, 0.3) is 114 Å². The first-order valence-corrected chi connectivity index (χ1v) is 18.4. The van der Waals surface area contributed by atoms with Crippen molar-refractivity contribution in [3.05, 3.63) is 163 Å². The summed E-state index contributed by atoms with van der Waals surface area (Å²) in [7, 11) is 0. The van der Waals surface area contributed by atoms with Crippen LogP contribution in [0.5, 0.6) is 0 Å². The minimum atomic E-state index is 0.896. The van der Waals surface area contributed by atoms with Gasteiger partial charge in [0, 0.05) is 58.4 Å². The number of hydrogen-bond acceptors (Lipinski definition) is 3. The summed E-state index contributed by atoms with van der Waals surface area (Å²) in [5, 5.41) is 12.0. The molecule has 0 bridgehead atoms. The molecule has 0 N–H and O–H groups in total. The van der Waals surface area contributed by atoms with E-state index in [1.807, 2.05) is 29.6 Å². The molecule has 52 heavy (non-hydrogen) atoms. The summed E-state index contributed by atoms with van der Waals surface area (Å²) in [5.74, 6) is 0. The summed E-state index contributed by atoms with van der Waals surface area (Å²) in [4.78, 5) is 0. The van der Waals surface area contributed by atoms with Gasteiger partial charge in [0.1, 0.15) is 22.3 Å². The van der Waals surface area contributed by atoms with E-state index in [0.717, 1.165) is 66.1 Å². The standard InChI is InChI=1S/C49H30O2S/c1-3-4-14-30-28(2)43(36-20-11-19-35-32-16-9-10-23-39(32)50-48(35)36)33-17-7-8-18-34(33)44(30)37-21-12-22-38-45-40(51-49(37)38)25-27-42-47(45)46-31-15-6-5-13-29(31)24-26-41(46)52-42/h3-27H,1H2,2H3/b14-4-. The Labute approximate surface area is 303 Å². The van der Waals surface area contributed by atoms with Crippen molar-refractivity contribution in [1.29, 1.82) is 0 Å². The van der Waals surface area contributed by atoms with Crippen LogP contribution in [-0.2, 0) is 0 Å². The van der Waals surface area contributed by atoms with Crippen LogP contribution in [0.15, 0.2) is 161 Å². The first-order valence-electron chi connectivity index (χ1n) is 17.6. The van der Waals surface area contributed by atoms with E-state index in [0.29, 0.717) is 0 Å². The second-order valence-corrected chi connectivity index (χ2v) is 14.7.